The first-order valence-electron chi connectivity index (χ1n) is 13.6. The second kappa shape index (κ2) is 13.6. The maximum atomic E-state index is 13.3. The minimum Gasteiger partial charge on any atom is -0.452 e. The molecule has 0 aliphatic carbocycles. The normalized spacial score (nSPS) is 21.2. The van der Waals surface area contributed by atoms with Crippen molar-refractivity contribution in [1.29, 1.82) is 0 Å². The van der Waals surface area contributed by atoms with Crippen LogP contribution in [0.2, 0.25) is 0 Å². The van der Waals surface area contributed by atoms with Gasteiger partial charge in [-0.2, -0.15) is 0 Å². The molecule has 43 heavy (non-hydrogen) atoms. The van der Waals surface area contributed by atoms with E-state index < -0.39 is 54.6 Å². The Kier molecular flexibility index (Phi) is 9.23. The molecule has 1 saturated heterocycles. The van der Waals surface area contributed by atoms with Crippen molar-refractivity contribution < 1.29 is 42.9 Å². The zero-order valence-corrected chi connectivity index (χ0v) is 23.1. The fourth-order valence-electron chi connectivity index (χ4n) is 4.54. The summed E-state index contributed by atoms with van der Waals surface area (Å²) in [5, 5.41) is 0. The summed E-state index contributed by atoms with van der Waals surface area (Å²) in [6.45, 7) is 1.57. The highest BCUT2D eigenvalue weighted by molar-refractivity contribution is 5.92. The monoisotopic (exact) mass is 580 g/mol. The summed E-state index contributed by atoms with van der Waals surface area (Å²) in [5.74, 6) is -3.03. The summed E-state index contributed by atoms with van der Waals surface area (Å²) in [6.07, 6.45) is -6.67. The highest BCUT2D eigenvalue weighted by atomic mass is 16.7. The van der Waals surface area contributed by atoms with Gasteiger partial charge in [0.05, 0.1) is 28.4 Å². The predicted octanol–water partition coefficient (Wildman–Crippen LogP) is 5.27. The van der Waals surface area contributed by atoms with Gasteiger partial charge in [-0.1, -0.05) is 72.8 Å². The number of hydrogen-bond donors (Lipinski definition) is 0. The van der Waals surface area contributed by atoms with Gasteiger partial charge in [0.15, 0.2) is 12.2 Å². The molecule has 0 spiro atoms. The smallest absolute Gasteiger partial charge is 0.340 e. The average Bonchev–Trinajstić information content (AvgIpc) is 3.05. The number of benzene rings is 4. The van der Waals surface area contributed by atoms with Crippen molar-refractivity contribution in [3.8, 4) is 0 Å². The fourth-order valence-corrected chi connectivity index (χ4v) is 4.54. The van der Waals surface area contributed by atoms with E-state index in [9.17, 15) is 19.2 Å². The van der Waals surface area contributed by atoms with Gasteiger partial charge < -0.3 is 23.7 Å². The van der Waals surface area contributed by atoms with Crippen molar-refractivity contribution in [3.05, 3.63) is 144 Å². The fraction of sp³-hybridized carbons (Fsp3) is 0.176. The molecular weight excluding hydrogens is 552 g/mol. The van der Waals surface area contributed by atoms with E-state index in [2.05, 4.69) is 0 Å². The molecule has 0 radical (unpaired) electrons. The largest absolute Gasteiger partial charge is 0.452 e. The van der Waals surface area contributed by atoms with Gasteiger partial charge in [-0.05, 0) is 55.5 Å². The molecule has 4 aromatic carbocycles. The first kappa shape index (κ1) is 29.2. The van der Waals surface area contributed by atoms with Gasteiger partial charge in [0.25, 0.3) is 0 Å². The number of esters is 4. The number of carbonyl (C=O) groups is 4. The molecule has 1 heterocycles. The molecule has 218 valence electrons. The zero-order chi connectivity index (χ0) is 30.2. The van der Waals surface area contributed by atoms with E-state index >= 15 is 0 Å². The second-order valence-corrected chi connectivity index (χ2v) is 9.69. The molecule has 0 aromatic heterocycles. The van der Waals surface area contributed by atoms with Crippen molar-refractivity contribution in [3.63, 3.8) is 0 Å². The lowest BCUT2D eigenvalue weighted by atomic mass is 9.98. The first-order chi connectivity index (χ1) is 20.9. The number of carbonyl (C=O) groups excluding carboxylic acids is 4. The van der Waals surface area contributed by atoms with E-state index in [4.69, 9.17) is 23.7 Å². The Balaban J connectivity index is 1.51. The van der Waals surface area contributed by atoms with E-state index in [1.807, 2.05) is 0 Å². The SMILES string of the molecule is CC1O[C@@H](OC(=O)c2ccccc2)C(OC(=O)c2ccccc2)C(OC(=O)c2ccccc2)[C@@H]1OC(=O)c1ccccc1. The Morgan fingerprint density at radius 1 is 0.442 bits per heavy atom. The highest BCUT2D eigenvalue weighted by Gasteiger charge is 2.53. The summed E-state index contributed by atoms with van der Waals surface area (Å²) in [4.78, 5) is 52.8. The van der Waals surface area contributed by atoms with Gasteiger partial charge in [0.2, 0.25) is 12.4 Å². The van der Waals surface area contributed by atoms with Gasteiger partial charge in [0, 0.05) is 0 Å². The molecule has 1 fully saturated rings. The summed E-state index contributed by atoms with van der Waals surface area (Å²) in [6, 6.07) is 32.7. The van der Waals surface area contributed by atoms with Crippen molar-refractivity contribution in [2.24, 2.45) is 0 Å². The van der Waals surface area contributed by atoms with Crippen molar-refractivity contribution in [2.45, 2.75) is 37.6 Å². The maximum Gasteiger partial charge on any atom is 0.340 e. The molecule has 0 bridgehead atoms. The molecule has 5 rings (SSSR count). The molecule has 9 nitrogen and oxygen atoms in total. The third-order valence-electron chi connectivity index (χ3n) is 6.72. The molecule has 4 aromatic rings. The van der Waals surface area contributed by atoms with Crippen LogP contribution < -0.4 is 0 Å². The van der Waals surface area contributed by atoms with Crippen LogP contribution in [0.1, 0.15) is 48.4 Å². The summed E-state index contributed by atoms with van der Waals surface area (Å²) in [5.41, 5.74) is 0.876. The van der Waals surface area contributed by atoms with Gasteiger partial charge in [-0.25, -0.2) is 19.2 Å². The van der Waals surface area contributed by atoms with E-state index in [1.165, 1.54) is 12.1 Å². The maximum absolute atomic E-state index is 13.3. The third-order valence-corrected chi connectivity index (χ3v) is 6.72. The number of ether oxygens (including phenoxy) is 5. The Bertz CT molecular complexity index is 1540. The summed E-state index contributed by atoms with van der Waals surface area (Å²) < 4.78 is 29.2. The van der Waals surface area contributed by atoms with Crippen LogP contribution >= 0.6 is 0 Å². The molecule has 0 N–H and O–H groups in total. The molecule has 0 amide bonds. The minimum atomic E-state index is -1.52. The standard InChI is InChI=1S/C34H28O9/c1-22-27(40-30(35)23-14-6-2-7-15-23)28(41-31(36)24-16-8-3-9-17-24)29(42-32(37)25-18-10-4-11-19-25)34(39-22)43-33(38)26-20-12-5-13-21-26/h2-22,27-29,34H,1H3/t22?,27-,28?,29?,34+/m1/s1. The summed E-state index contributed by atoms with van der Waals surface area (Å²) >= 11 is 0. The van der Waals surface area contributed by atoms with Crippen molar-refractivity contribution in [2.75, 3.05) is 0 Å². The van der Waals surface area contributed by atoms with Gasteiger partial charge >= 0.3 is 23.9 Å². The van der Waals surface area contributed by atoms with Crippen LogP contribution in [-0.2, 0) is 23.7 Å². The first-order valence-corrected chi connectivity index (χ1v) is 13.6. The molecular formula is C34H28O9. The third kappa shape index (κ3) is 7.14. The van der Waals surface area contributed by atoms with E-state index in [0.29, 0.717) is 0 Å². The molecule has 9 heteroatoms. The Morgan fingerprint density at radius 3 is 1.12 bits per heavy atom. The van der Waals surface area contributed by atoms with Crippen molar-refractivity contribution >= 4 is 23.9 Å². The zero-order valence-electron chi connectivity index (χ0n) is 23.1. The van der Waals surface area contributed by atoms with Gasteiger partial charge in [0.1, 0.15) is 0 Å². The molecule has 1 aliphatic heterocycles. The Morgan fingerprint density at radius 2 is 0.744 bits per heavy atom. The predicted molar refractivity (Wildman–Crippen MR) is 153 cm³/mol. The van der Waals surface area contributed by atoms with Crippen LogP contribution in [0.4, 0.5) is 0 Å². The molecule has 0 saturated carbocycles. The van der Waals surface area contributed by atoms with E-state index in [-0.39, 0.29) is 22.3 Å². The van der Waals surface area contributed by atoms with Crippen LogP contribution in [0.25, 0.3) is 0 Å². The van der Waals surface area contributed by atoms with Crippen LogP contribution in [0, 0.1) is 0 Å². The van der Waals surface area contributed by atoms with Crippen LogP contribution in [0.5, 0.6) is 0 Å². The van der Waals surface area contributed by atoms with E-state index in [0.717, 1.165) is 0 Å². The summed E-state index contributed by atoms with van der Waals surface area (Å²) in [7, 11) is 0. The van der Waals surface area contributed by atoms with Crippen LogP contribution in [0.3, 0.4) is 0 Å². The number of rotatable bonds is 8. The lowest BCUT2D eigenvalue weighted by Crippen LogP contribution is -2.61. The highest BCUT2D eigenvalue weighted by Crippen LogP contribution is 2.31. The lowest BCUT2D eigenvalue weighted by Gasteiger charge is -2.43. The average molecular weight is 581 g/mol. The Hall–Kier alpha value is -5.28. The van der Waals surface area contributed by atoms with E-state index in [1.54, 1.807) is 116 Å². The number of hydrogen-bond acceptors (Lipinski definition) is 9. The van der Waals surface area contributed by atoms with Crippen molar-refractivity contribution in [1.82, 2.24) is 0 Å². The molecule has 1 aliphatic rings. The topological polar surface area (TPSA) is 114 Å². The minimum absolute atomic E-state index is 0.195. The molecule has 5 atom stereocenters. The second-order valence-electron chi connectivity index (χ2n) is 9.69. The lowest BCUT2D eigenvalue weighted by molar-refractivity contribution is -0.274. The van der Waals surface area contributed by atoms with Crippen LogP contribution in [-0.4, -0.2) is 54.6 Å². The van der Waals surface area contributed by atoms with Gasteiger partial charge in [-0.15, -0.1) is 0 Å². The van der Waals surface area contributed by atoms with Crippen LogP contribution in [0.15, 0.2) is 121 Å². The quantitative estimate of drug-likeness (QED) is 0.203. The van der Waals surface area contributed by atoms with Gasteiger partial charge in [-0.3, -0.25) is 0 Å². The molecule has 3 unspecified atom stereocenters. The Labute approximate surface area is 247 Å².